The summed E-state index contributed by atoms with van der Waals surface area (Å²) >= 11 is 0. The molecule has 136 valence electrons. The van der Waals surface area contributed by atoms with E-state index in [4.69, 9.17) is 9.15 Å². The minimum atomic E-state index is -0.488. The van der Waals surface area contributed by atoms with E-state index in [-0.39, 0.29) is 0 Å². The first-order valence-electron chi connectivity index (χ1n) is 8.11. The zero-order valence-electron chi connectivity index (χ0n) is 14.6. The van der Waals surface area contributed by atoms with Gasteiger partial charge in [0.25, 0.3) is 0 Å². The number of aromatic amines is 1. The maximum absolute atomic E-state index is 11.3. The van der Waals surface area contributed by atoms with Crippen LogP contribution in [0, 0.1) is 6.92 Å². The third kappa shape index (κ3) is 3.56. The molecule has 0 radical (unpaired) electrons. The first-order valence-corrected chi connectivity index (χ1v) is 8.11. The van der Waals surface area contributed by atoms with E-state index >= 15 is 0 Å². The van der Waals surface area contributed by atoms with Crippen molar-refractivity contribution in [3.05, 3.63) is 58.8 Å². The van der Waals surface area contributed by atoms with E-state index in [9.17, 15) is 4.79 Å². The Morgan fingerprint density at radius 1 is 1.15 bits per heavy atom. The average Bonchev–Trinajstić information content (AvgIpc) is 3.04. The Balaban J connectivity index is 1.60. The Morgan fingerprint density at radius 3 is 2.89 bits per heavy atom. The molecular formula is C18H16N6O3. The number of nitrogens with one attached hydrogen (secondary N) is 3. The first kappa shape index (κ1) is 16.6. The number of rotatable bonds is 5. The zero-order chi connectivity index (χ0) is 18.8. The minimum Gasteiger partial charge on any atom is -0.497 e. The van der Waals surface area contributed by atoms with Crippen LogP contribution in [0.25, 0.3) is 11.1 Å². The number of H-pyrrole nitrogens is 1. The average molecular weight is 364 g/mol. The number of oxazole rings is 1. The molecule has 0 fully saturated rings. The molecule has 3 N–H and O–H groups in total. The normalized spacial score (nSPS) is 10.7. The van der Waals surface area contributed by atoms with E-state index < -0.39 is 5.76 Å². The van der Waals surface area contributed by atoms with Gasteiger partial charge in [0, 0.05) is 29.7 Å². The van der Waals surface area contributed by atoms with Crippen LogP contribution in [-0.4, -0.2) is 27.0 Å². The second-order valence-corrected chi connectivity index (χ2v) is 5.78. The smallest absolute Gasteiger partial charge is 0.417 e. The van der Waals surface area contributed by atoms with Gasteiger partial charge in [-0.2, -0.15) is 4.98 Å². The molecule has 27 heavy (non-hydrogen) atoms. The highest BCUT2D eigenvalue weighted by molar-refractivity contribution is 5.78. The second kappa shape index (κ2) is 6.79. The lowest BCUT2D eigenvalue weighted by molar-refractivity contribution is 0.414. The maximum Gasteiger partial charge on any atom is 0.417 e. The Bertz CT molecular complexity index is 1170. The third-order valence-corrected chi connectivity index (χ3v) is 3.86. The van der Waals surface area contributed by atoms with Crippen molar-refractivity contribution in [1.29, 1.82) is 0 Å². The molecule has 9 heteroatoms. The Hall–Kier alpha value is -3.88. The van der Waals surface area contributed by atoms with E-state index in [0.29, 0.717) is 34.4 Å². The van der Waals surface area contributed by atoms with Crippen LogP contribution in [0.3, 0.4) is 0 Å². The van der Waals surface area contributed by atoms with Gasteiger partial charge in [0.15, 0.2) is 5.58 Å². The number of hydrogen-bond acceptors (Lipinski definition) is 8. The Kier molecular flexibility index (Phi) is 4.17. The van der Waals surface area contributed by atoms with Crippen LogP contribution < -0.4 is 21.1 Å². The number of benzene rings is 1. The summed E-state index contributed by atoms with van der Waals surface area (Å²) in [6.45, 7) is 1.90. The maximum atomic E-state index is 11.3. The van der Waals surface area contributed by atoms with Gasteiger partial charge in [-0.25, -0.2) is 14.8 Å². The molecule has 0 aliphatic heterocycles. The third-order valence-electron chi connectivity index (χ3n) is 3.86. The SMILES string of the molecule is COc1ccnc(Nc2ncc(C)c(Nc3ccc4oc(=O)[nH]c4c3)n2)c1. The fourth-order valence-electron chi connectivity index (χ4n) is 2.52. The molecule has 0 unspecified atom stereocenters. The Morgan fingerprint density at radius 2 is 2.04 bits per heavy atom. The highest BCUT2D eigenvalue weighted by atomic mass is 16.5. The lowest BCUT2D eigenvalue weighted by atomic mass is 10.2. The summed E-state index contributed by atoms with van der Waals surface area (Å²) in [5.74, 6) is 1.78. The molecule has 1 aromatic carbocycles. The fourth-order valence-corrected chi connectivity index (χ4v) is 2.52. The van der Waals surface area contributed by atoms with Crippen molar-refractivity contribution in [3.63, 3.8) is 0 Å². The number of nitrogens with zero attached hydrogens (tertiary/aromatic N) is 3. The highest BCUT2D eigenvalue weighted by Gasteiger charge is 2.08. The monoisotopic (exact) mass is 364 g/mol. The molecule has 0 saturated carbocycles. The van der Waals surface area contributed by atoms with Gasteiger partial charge in [-0.05, 0) is 31.2 Å². The molecule has 3 aromatic heterocycles. The summed E-state index contributed by atoms with van der Waals surface area (Å²) in [4.78, 5) is 26.9. The summed E-state index contributed by atoms with van der Waals surface area (Å²) in [6.07, 6.45) is 3.34. The van der Waals surface area contributed by atoms with Crippen LogP contribution in [0.4, 0.5) is 23.3 Å². The van der Waals surface area contributed by atoms with Gasteiger partial charge < -0.3 is 19.8 Å². The molecule has 0 bridgehead atoms. The van der Waals surface area contributed by atoms with Crippen LogP contribution in [0.1, 0.15) is 5.56 Å². The number of ether oxygens (including phenoxy) is 1. The molecule has 0 aliphatic rings. The van der Waals surface area contributed by atoms with Crippen molar-refractivity contribution >= 4 is 34.4 Å². The molecule has 9 nitrogen and oxygen atoms in total. The predicted molar refractivity (Wildman–Crippen MR) is 101 cm³/mol. The van der Waals surface area contributed by atoms with E-state index in [1.807, 2.05) is 6.92 Å². The zero-order valence-corrected chi connectivity index (χ0v) is 14.6. The molecule has 0 atom stereocenters. The van der Waals surface area contributed by atoms with Crippen LogP contribution in [0.15, 0.2) is 51.9 Å². The van der Waals surface area contributed by atoms with Gasteiger partial charge in [0.1, 0.15) is 17.4 Å². The quantitative estimate of drug-likeness (QED) is 0.494. The summed E-state index contributed by atoms with van der Waals surface area (Å²) in [5, 5.41) is 6.27. The van der Waals surface area contributed by atoms with E-state index in [0.717, 1.165) is 11.3 Å². The van der Waals surface area contributed by atoms with Gasteiger partial charge in [-0.3, -0.25) is 4.98 Å². The number of aryl methyl sites for hydroxylation is 1. The number of fused-ring (bicyclic) bond motifs is 1. The van der Waals surface area contributed by atoms with Crippen molar-refractivity contribution in [1.82, 2.24) is 19.9 Å². The summed E-state index contributed by atoms with van der Waals surface area (Å²) < 4.78 is 10.2. The van der Waals surface area contributed by atoms with Crippen LogP contribution in [0.2, 0.25) is 0 Å². The molecule has 0 amide bonds. The summed E-state index contributed by atoms with van der Waals surface area (Å²) in [7, 11) is 1.59. The van der Waals surface area contributed by atoms with Gasteiger partial charge in [0.2, 0.25) is 5.95 Å². The molecule has 0 spiro atoms. The molecular weight excluding hydrogens is 348 g/mol. The fraction of sp³-hybridized carbons (Fsp3) is 0.111. The van der Waals surface area contributed by atoms with Crippen LogP contribution in [-0.2, 0) is 0 Å². The molecule has 0 saturated heterocycles. The van der Waals surface area contributed by atoms with E-state index in [2.05, 4.69) is 30.6 Å². The van der Waals surface area contributed by atoms with Gasteiger partial charge in [0.05, 0.1) is 12.6 Å². The number of anilines is 4. The molecule has 3 heterocycles. The van der Waals surface area contributed by atoms with Crippen molar-refractivity contribution in [3.8, 4) is 5.75 Å². The van der Waals surface area contributed by atoms with Gasteiger partial charge in [-0.15, -0.1) is 0 Å². The number of aromatic nitrogens is 4. The van der Waals surface area contributed by atoms with Gasteiger partial charge in [-0.1, -0.05) is 0 Å². The van der Waals surface area contributed by atoms with E-state index in [1.165, 1.54) is 0 Å². The van der Waals surface area contributed by atoms with Gasteiger partial charge >= 0.3 is 5.76 Å². The van der Waals surface area contributed by atoms with Crippen LogP contribution >= 0.6 is 0 Å². The lowest BCUT2D eigenvalue weighted by Gasteiger charge is -2.11. The topological polar surface area (TPSA) is 118 Å². The number of methoxy groups -OCH3 is 1. The van der Waals surface area contributed by atoms with E-state index in [1.54, 1.807) is 49.8 Å². The largest absolute Gasteiger partial charge is 0.497 e. The Labute approximate surface area is 153 Å². The minimum absolute atomic E-state index is 0.390. The predicted octanol–water partition coefficient (Wildman–Crippen LogP) is 3.11. The summed E-state index contributed by atoms with van der Waals surface area (Å²) in [6, 6.07) is 8.80. The lowest BCUT2D eigenvalue weighted by Crippen LogP contribution is -2.03. The second-order valence-electron chi connectivity index (χ2n) is 5.78. The number of pyridine rings is 1. The molecule has 0 aliphatic carbocycles. The van der Waals surface area contributed by atoms with Crippen molar-refractivity contribution in [2.24, 2.45) is 0 Å². The van der Waals surface area contributed by atoms with Crippen molar-refractivity contribution in [2.45, 2.75) is 6.92 Å². The first-order chi connectivity index (χ1) is 13.1. The van der Waals surface area contributed by atoms with Crippen molar-refractivity contribution < 1.29 is 9.15 Å². The standard InChI is InChI=1S/C18H16N6O3/c1-10-9-20-17(23-15-8-12(26-2)5-6-19-15)24-16(10)21-11-3-4-14-13(7-11)22-18(25)27-14/h3-9H,1-2H3,(H,22,25)(H2,19,20,21,23,24). The molecule has 4 aromatic rings. The molecule has 4 rings (SSSR count). The van der Waals surface area contributed by atoms with Crippen molar-refractivity contribution in [2.75, 3.05) is 17.7 Å². The van der Waals surface area contributed by atoms with Crippen LogP contribution in [0.5, 0.6) is 5.75 Å². The number of hydrogen-bond donors (Lipinski definition) is 3. The highest BCUT2D eigenvalue weighted by Crippen LogP contribution is 2.23. The summed E-state index contributed by atoms with van der Waals surface area (Å²) in [5.41, 5.74) is 2.72.